The molecule has 18 heavy (non-hydrogen) atoms. The van der Waals surface area contributed by atoms with Crippen LogP contribution in [0.1, 0.15) is 26.2 Å². The molecule has 8 nitrogen and oxygen atoms in total. The van der Waals surface area contributed by atoms with Gasteiger partial charge in [0.25, 0.3) is 0 Å². The van der Waals surface area contributed by atoms with Gasteiger partial charge >= 0.3 is 5.69 Å². The van der Waals surface area contributed by atoms with Crippen molar-refractivity contribution in [2.24, 2.45) is 11.8 Å². The van der Waals surface area contributed by atoms with Crippen LogP contribution in [-0.2, 0) is 0 Å². The largest absolute Gasteiger partial charge is 0.361 e. The zero-order valence-corrected chi connectivity index (χ0v) is 10.1. The van der Waals surface area contributed by atoms with E-state index in [0.717, 1.165) is 19.3 Å². The molecule has 2 rings (SSSR count). The van der Waals surface area contributed by atoms with Crippen LogP contribution in [0.5, 0.6) is 0 Å². The number of nitrogen functional groups attached to an aromatic ring is 1. The SMILES string of the molecule is CC1CCCC1Nc1ncnc(NN)c1[N+](=O)[O-]. The molecule has 0 spiro atoms. The summed E-state index contributed by atoms with van der Waals surface area (Å²) in [5.41, 5.74) is 2.01. The topological polar surface area (TPSA) is 119 Å². The molecule has 8 heteroatoms. The van der Waals surface area contributed by atoms with Gasteiger partial charge in [0.2, 0.25) is 11.6 Å². The van der Waals surface area contributed by atoms with E-state index in [1.165, 1.54) is 6.33 Å². The molecule has 0 aliphatic heterocycles. The molecule has 1 aliphatic rings. The zero-order valence-electron chi connectivity index (χ0n) is 10.1. The van der Waals surface area contributed by atoms with Gasteiger partial charge in [-0.25, -0.2) is 15.8 Å². The Bertz CT molecular complexity index is 452. The number of nitrogens with two attached hydrogens (primary N) is 1. The molecule has 2 unspecified atom stereocenters. The molecule has 4 N–H and O–H groups in total. The second kappa shape index (κ2) is 5.13. The normalized spacial score (nSPS) is 22.8. The fourth-order valence-corrected chi connectivity index (χ4v) is 2.30. The van der Waals surface area contributed by atoms with Crippen molar-refractivity contribution in [3.63, 3.8) is 0 Å². The van der Waals surface area contributed by atoms with Crippen LogP contribution in [0, 0.1) is 16.0 Å². The molecule has 0 saturated heterocycles. The summed E-state index contributed by atoms with van der Waals surface area (Å²) < 4.78 is 0. The van der Waals surface area contributed by atoms with Gasteiger partial charge in [-0.2, -0.15) is 0 Å². The van der Waals surface area contributed by atoms with Crippen LogP contribution < -0.4 is 16.6 Å². The maximum atomic E-state index is 11.0. The quantitative estimate of drug-likeness (QED) is 0.419. The third-order valence-electron chi connectivity index (χ3n) is 3.33. The first-order chi connectivity index (χ1) is 8.63. The highest BCUT2D eigenvalue weighted by molar-refractivity contribution is 5.69. The number of aromatic nitrogens is 2. The van der Waals surface area contributed by atoms with Gasteiger partial charge in [-0.1, -0.05) is 13.3 Å². The van der Waals surface area contributed by atoms with Crippen molar-refractivity contribution in [2.45, 2.75) is 32.2 Å². The molecule has 1 aromatic rings. The van der Waals surface area contributed by atoms with E-state index in [4.69, 9.17) is 5.84 Å². The van der Waals surface area contributed by atoms with Crippen molar-refractivity contribution < 1.29 is 4.92 Å². The Morgan fingerprint density at radius 3 is 2.72 bits per heavy atom. The van der Waals surface area contributed by atoms with E-state index in [1.54, 1.807) is 0 Å². The highest BCUT2D eigenvalue weighted by atomic mass is 16.6. The predicted molar refractivity (Wildman–Crippen MR) is 66.9 cm³/mol. The minimum absolute atomic E-state index is 0.0168. The molecule has 1 heterocycles. The first-order valence-corrected chi connectivity index (χ1v) is 5.86. The van der Waals surface area contributed by atoms with Crippen LogP contribution in [0.2, 0.25) is 0 Å². The number of nitrogens with zero attached hydrogens (tertiary/aromatic N) is 3. The monoisotopic (exact) mass is 252 g/mol. The van der Waals surface area contributed by atoms with Crippen molar-refractivity contribution in [3.8, 4) is 0 Å². The molecule has 1 aromatic heterocycles. The summed E-state index contributed by atoms with van der Waals surface area (Å²) in [5.74, 6) is 5.94. The van der Waals surface area contributed by atoms with Gasteiger partial charge in [0.05, 0.1) is 4.92 Å². The molecule has 98 valence electrons. The maximum Gasteiger partial charge on any atom is 0.354 e. The number of nitrogens with one attached hydrogen (secondary N) is 2. The maximum absolute atomic E-state index is 11.0. The van der Waals surface area contributed by atoms with E-state index in [1.807, 2.05) is 0 Å². The Kier molecular flexibility index (Phi) is 3.56. The lowest BCUT2D eigenvalue weighted by molar-refractivity contribution is -0.383. The Morgan fingerprint density at radius 1 is 1.44 bits per heavy atom. The lowest BCUT2D eigenvalue weighted by Gasteiger charge is -2.17. The minimum Gasteiger partial charge on any atom is -0.361 e. The molecule has 1 saturated carbocycles. The number of rotatable bonds is 4. The lowest BCUT2D eigenvalue weighted by atomic mass is 10.1. The van der Waals surface area contributed by atoms with Gasteiger partial charge in [0, 0.05) is 6.04 Å². The zero-order chi connectivity index (χ0) is 13.1. The Hall–Kier alpha value is -1.96. The molecule has 0 bridgehead atoms. The average Bonchev–Trinajstić information content (AvgIpc) is 2.74. The Labute approximate surface area is 104 Å². The summed E-state index contributed by atoms with van der Waals surface area (Å²) >= 11 is 0. The van der Waals surface area contributed by atoms with Gasteiger partial charge in [-0.3, -0.25) is 10.1 Å². The van der Waals surface area contributed by atoms with Gasteiger partial charge in [-0.15, -0.1) is 0 Å². The molecular formula is C10H16N6O2. The summed E-state index contributed by atoms with van der Waals surface area (Å²) in [5, 5.41) is 14.2. The second-order valence-corrected chi connectivity index (χ2v) is 4.48. The van der Waals surface area contributed by atoms with Crippen LogP contribution >= 0.6 is 0 Å². The summed E-state index contributed by atoms with van der Waals surface area (Å²) in [4.78, 5) is 18.2. The van der Waals surface area contributed by atoms with E-state index in [-0.39, 0.29) is 23.4 Å². The van der Waals surface area contributed by atoms with Crippen molar-refractivity contribution in [3.05, 3.63) is 16.4 Å². The Balaban J connectivity index is 2.29. The number of anilines is 2. The van der Waals surface area contributed by atoms with E-state index in [2.05, 4.69) is 27.6 Å². The summed E-state index contributed by atoms with van der Waals surface area (Å²) in [7, 11) is 0. The van der Waals surface area contributed by atoms with Crippen LogP contribution in [0.15, 0.2) is 6.33 Å². The number of hydrogen-bond donors (Lipinski definition) is 3. The number of hydrogen-bond acceptors (Lipinski definition) is 7. The van der Waals surface area contributed by atoms with Crippen LogP contribution in [0.4, 0.5) is 17.3 Å². The molecule has 1 fully saturated rings. The molecule has 0 aromatic carbocycles. The van der Waals surface area contributed by atoms with E-state index >= 15 is 0 Å². The minimum atomic E-state index is -0.531. The molecule has 0 radical (unpaired) electrons. The number of nitro groups is 1. The van der Waals surface area contributed by atoms with Crippen molar-refractivity contribution >= 4 is 17.3 Å². The highest BCUT2D eigenvalue weighted by Crippen LogP contribution is 2.33. The third kappa shape index (κ3) is 2.33. The first kappa shape index (κ1) is 12.5. The standard InChI is InChI=1S/C10H16N6O2/c1-6-3-2-4-7(6)14-9-8(16(17)18)10(15-11)13-5-12-9/h5-7H,2-4,11H2,1H3,(H2,12,13,14,15). The van der Waals surface area contributed by atoms with E-state index < -0.39 is 4.92 Å². The van der Waals surface area contributed by atoms with Gasteiger partial charge < -0.3 is 10.7 Å². The van der Waals surface area contributed by atoms with Gasteiger partial charge in [-0.05, 0) is 18.8 Å². The van der Waals surface area contributed by atoms with E-state index in [0.29, 0.717) is 5.92 Å². The first-order valence-electron chi connectivity index (χ1n) is 5.86. The lowest BCUT2D eigenvalue weighted by Crippen LogP contribution is -2.24. The third-order valence-corrected chi connectivity index (χ3v) is 3.33. The molecular weight excluding hydrogens is 236 g/mol. The second-order valence-electron chi connectivity index (χ2n) is 4.48. The molecule has 1 aliphatic carbocycles. The highest BCUT2D eigenvalue weighted by Gasteiger charge is 2.28. The summed E-state index contributed by atoms with van der Waals surface area (Å²) in [6.45, 7) is 2.12. The van der Waals surface area contributed by atoms with Crippen LogP contribution in [0.3, 0.4) is 0 Å². The Morgan fingerprint density at radius 2 is 2.17 bits per heavy atom. The van der Waals surface area contributed by atoms with Crippen molar-refractivity contribution in [1.29, 1.82) is 0 Å². The summed E-state index contributed by atoms with van der Waals surface area (Å²) in [6, 6.07) is 0.212. The smallest absolute Gasteiger partial charge is 0.354 e. The van der Waals surface area contributed by atoms with E-state index in [9.17, 15) is 10.1 Å². The average molecular weight is 252 g/mol. The summed E-state index contributed by atoms with van der Waals surface area (Å²) in [6.07, 6.45) is 4.50. The molecule has 2 atom stereocenters. The van der Waals surface area contributed by atoms with Crippen LogP contribution in [-0.4, -0.2) is 20.9 Å². The van der Waals surface area contributed by atoms with Gasteiger partial charge in [0.15, 0.2) is 0 Å². The predicted octanol–water partition coefficient (Wildman–Crippen LogP) is 1.27. The molecule has 0 amide bonds. The van der Waals surface area contributed by atoms with Crippen molar-refractivity contribution in [2.75, 3.05) is 10.7 Å². The fourth-order valence-electron chi connectivity index (χ4n) is 2.30. The fraction of sp³-hybridized carbons (Fsp3) is 0.600. The van der Waals surface area contributed by atoms with Crippen molar-refractivity contribution in [1.82, 2.24) is 9.97 Å². The number of hydrazine groups is 1. The van der Waals surface area contributed by atoms with Gasteiger partial charge in [0.1, 0.15) is 6.33 Å². The van der Waals surface area contributed by atoms with Crippen LogP contribution in [0.25, 0.3) is 0 Å².